The summed E-state index contributed by atoms with van der Waals surface area (Å²) >= 11 is 3.36. The Hall–Kier alpha value is -1.60. The molecule has 0 saturated carbocycles. The number of fused-ring (bicyclic) bond motifs is 1. The van der Waals surface area contributed by atoms with E-state index in [0.717, 1.165) is 47.2 Å². The van der Waals surface area contributed by atoms with Gasteiger partial charge in [-0.25, -0.2) is 4.98 Å². The fourth-order valence-corrected chi connectivity index (χ4v) is 5.24. The van der Waals surface area contributed by atoms with Crippen LogP contribution in [0.1, 0.15) is 32.8 Å². The Morgan fingerprint density at radius 1 is 1.03 bits per heavy atom. The highest BCUT2D eigenvalue weighted by atomic mass is 35.5. The van der Waals surface area contributed by atoms with Gasteiger partial charge in [0.15, 0.2) is 5.13 Å². The molecule has 0 aliphatic heterocycles. The van der Waals surface area contributed by atoms with Crippen LogP contribution in [-0.2, 0) is 11.2 Å². The quantitative estimate of drug-likeness (QED) is 0.311. The van der Waals surface area contributed by atoms with Gasteiger partial charge in [-0.1, -0.05) is 56.4 Å². The van der Waals surface area contributed by atoms with E-state index < -0.39 is 0 Å². The third-order valence-corrected chi connectivity index (χ3v) is 7.30. The Morgan fingerprint density at radius 2 is 1.77 bits per heavy atom. The number of carbonyl (C=O) groups is 1. The van der Waals surface area contributed by atoms with Crippen molar-refractivity contribution in [2.45, 2.75) is 38.5 Å². The van der Waals surface area contributed by atoms with E-state index in [1.807, 2.05) is 23.1 Å². The van der Waals surface area contributed by atoms with Crippen molar-refractivity contribution in [3.63, 3.8) is 0 Å². The molecule has 0 aliphatic carbocycles. The molecule has 0 N–H and O–H groups in total. The van der Waals surface area contributed by atoms with Crippen molar-refractivity contribution in [2.24, 2.45) is 0 Å². The number of thiazole rings is 1. The van der Waals surface area contributed by atoms with Gasteiger partial charge in [0.05, 0.1) is 10.2 Å². The second-order valence-electron chi connectivity index (χ2n) is 7.14. The molecule has 4 nitrogen and oxygen atoms in total. The van der Waals surface area contributed by atoms with E-state index in [4.69, 9.17) is 4.98 Å². The van der Waals surface area contributed by atoms with Gasteiger partial charge < -0.3 is 4.90 Å². The summed E-state index contributed by atoms with van der Waals surface area (Å²) in [6.07, 6.45) is 1.51. The first-order valence-electron chi connectivity index (χ1n) is 10.7. The summed E-state index contributed by atoms with van der Waals surface area (Å²) in [4.78, 5) is 23.4. The Labute approximate surface area is 200 Å². The topological polar surface area (TPSA) is 36.4 Å². The van der Waals surface area contributed by atoms with Crippen molar-refractivity contribution in [1.29, 1.82) is 0 Å². The van der Waals surface area contributed by atoms with Gasteiger partial charge in [0.25, 0.3) is 0 Å². The zero-order valence-corrected chi connectivity index (χ0v) is 21.0. The van der Waals surface area contributed by atoms with Gasteiger partial charge in [0.2, 0.25) is 5.91 Å². The minimum Gasteiger partial charge on any atom is -0.302 e. The molecule has 1 heterocycles. The average molecular weight is 478 g/mol. The molecule has 31 heavy (non-hydrogen) atoms. The van der Waals surface area contributed by atoms with E-state index in [1.54, 1.807) is 23.1 Å². The number of likely N-dealkylation sites (N-methyl/N-ethyl adjacent to an activating group) is 1. The monoisotopic (exact) mass is 477 g/mol. The Morgan fingerprint density at radius 3 is 2.45 bits per heavy atom. The Balaban J connectivity index is 0.00000341. The van der Waals surface area contributed by atoms with Gasteiger partial charge in [0, 0.05) is 30.2 Å². The number of nitrogens with zero attached hydrogens (tertiary/aromatic N) is 3. The minimum atomic E-state index is 0. The first-order chi connectivity index (χ1) is 14.6. The van der Waals surface area contributed by atoms with Crippen LogP contribution in [0.2, 0.25) is 0 Å². The lowest BCUT2D eigenvalue weighted by atomic mass is 10.2. The van der Waals surface area contributed by atoms with Crippen LogP contribution in [-0.4, -0.2) is 47.7 Å². The third kappa shape index (κ3) is 7.21. The molecule has 0 aliphatic rings. The number of hydrogen-bond donors (Lipinski definition) is 0. The van der Waals surface area contributed by atoms with Gasteiger partial charge in [-0.2, -0.15) is 0 Å². The molecule has 1 aromatic heterocycles. The Bertz CT molecular complexity index is 944. The number of aryl methyl sites for hydroxylation is 1. The van der Waals surface area contributed by atoms with Crippen LogP contribution >= 0.6 is 35.5 Å². The lowest BCUT2D eigenvalue weighted by Crippen LogP contribution is -2.39. The van der Waals surface area contributed by atoms with Crippen molar-refractivity contribution in [2.75, 3.05) is 36.8 Å². The zero-order valence-electron chi connectivity index (χ0n) is 18.5. The maximum absolute atomic E-state index is 13.2. The summed E-state index contributed by atoms with van der Waals surface area (Å²) in [6, 6.07) is 16.7. The molecule has 0 fully saturated rings. The number of halogens is 1. The molecular formula is C24H32ClN3OS2. The smallest absolute Gasteiger partial charge is 0.229 e. The lowest BCUT2D eigenvalue weighted by Gasteiger charge is -2.24. The molecule has 0 bridgehead atoms. The van der Waals surface area contributed by atoms with Crippen LogP contribution in [0, 0.1) is 0 Å². The Kier molecular flexibility index (Phi) is 10.8. The standard InChI is InChI=1S/C24H31N3OS2.ClH/c1-4-19-12-13-21-22(18-19)30-24(25-21)27(16-15-26(5-2)6-3)23(28)14-17-29-20-10-8-7-9-11-20;/h7-13,18H,4-6,14-17H2,1-3H3;1H. The highest BCUT2D eigenvalue weighted by molar-refractivity contribution is 7.99. The lowest BCUT2D eigenvalue weighted by molar-refractivity contribution is -0.118. The predicted octanol–water partition coefficient (Wildman–Crippen LogP) is 6.14. The van der Waals surface area contributed by atoms with Crippen LogP contribution in [0.3, 0.4) is 0 Å². The summed E-state index contributed by atoms with van der Waals surface area (Å²) in [6.45, 7) is 10.0. The molecule has 7 heteroatoms. The van der Waals surface area contributed by atoms with E-state index in [9.17, 15) is 4.79 Å². The highest BCUT2D eigenvalue weighted by Crippen LogP contribution is 2.30. The molecule has 0 saturated heterocycles. The number of aromatic nitrogens is 1. The van der Waals surface area contributed by atoms with Crippen molar-refractivity contribution in [3.05, 3.63) is 54.1 Å². The molecule has 0 unspecified atom stereocenters. The molecule has 168 valence electrons. The van der Waals surface area contributed by atoms with Crippen molar-refractivity contribution in [1.82, 2.24) is 9.88 Å². The average Bonchev–Trinajstić information content (AvgIpc) is 3.20. The van der Waals surface area contributed by atoms with E-state index >= 15 is 0 Å². The third-order valence-electron chi connectivity index (χ3n) is 5.24. The molecule has 3 aromatic rings. The number of amides is 1. The minimum absolute atomic E-state index is 0. The fraction of sp³-hybridized carbons (Fsp3) is 0.417. The normalized spacial score (nSPS) is 11.0. The second kappa shape index (κ2) is 13.1. The summed E-state index contributed by atoms with van der Waals surface area (Å²) in [5, 5.41) is 0.820. The van der Waals surface area contributed by atoms with E-state index in [1.165, 1.54) is 10.5 Å². The van der Waals surface area contributed by atoms with Crippen LogP contribution in [0.5, 0.6) is 0 Å². The van der Waals surface area contributed by atoms with Gasteiger partial charge in [-0.15, -0.1) is 24.2 Å². The van der Waals surface area contributed by atoms with Gasteiger partial charge in [-0.05, 0) is 49.3 Å². The SMILES string of the molecule is CCc1ccc2nc(N(CCN(CC)CC)C(=O)CCSc3ccccc3)sc2c1.Cl. The van der Waals surface area contributed by atoms with Crippen LogP contribution < -0.4 is 4.90 Å². The largest absolute Gasteiger partial charge is 0.302 e. The predicted molar refractivity (Wildman–Crippen MR) is 138 cm³/mol. The number of benzene rings is 2. The van der Waals surface area contributed by atoms with Crippen LogP contribution in [0.15, 0.2) is 53.4 Å². The second-order valence-corrected chi connectivity index (χ2v) is 9.31. The maximum Gasteiger partial charge on any atom is 0.229 e. The van der Waals surface area contributed by atoms with E-state index in [2.05, 4.69) is 56.0 Å². The molecule has 0 spiro atoms. The van der Waals surface area contributed by atoms with Gasteiger partial charge in [0.1, 0.15) is 0 Å². The fourth-order valence-electron chi connectivity index (χ4n) is 3.31. The van der Waals surface area contributed by atoms with Crippen molar-refractivity contribution >= 4 is 56.8 Å². The first-order valence-corrected chi connectivity index (χ1v) is 12.5. The number of carbonyl (C=O) groups excluding carboxylic acids is 1. The summed E-state index contributed by atoms with van der Waals surface area (Å²) in [5.74, 6) is 0.926. The zero-order chi connectivity index (χ0) is 21.3. The number of hydrogen-bond acceptors (Lipinski definition) is 5. The molecule has 2 aromatic carbocycles. The van der Waals surface area contributed by atoms with Gasteiger partial charge >= 0.3 is 0 Å². The molecule has 3 rings (SSSR count). The van der Waals surface area contributed by atoms with Crippen LogP contribution in [0.25, 0.3) is 10.2 Å². The van der Waals surface area contributed by atoms with Crippen molar-refractivity contribution in [3.8, 4) is 0 Å². The van der Waals surface area contributed by atoms with E-state index in [-0.39, 0.29) is 18.3 Å². The van der Waals surface area contributed by atoms with Crippen molar-refractivity contribution < 1.29 is 4.79 Å². The molecular weight excluding hydrogens is 446 g/mol. The highest BCUT2D eigenvalue weighted by Gasteiger charge is 2.20. The number of anilines is 1. The maximum atomic E-state index is 13.2. The summed E-state index contributed by atoms with van der Waals surface area (Å²) < 4.78 is 1.16. The van der Waals surface area contributed by atoms with Gasteiger partial charge in [-0.3, -0.25) is 9.69 Å². The number of rotatable bonds is 11. The van der Waals surface area contributed by atoms with E-state index in [0.29, 0.717) is 13.0 Å². The molecule has 1 amide bonds. The summed E-state index contributed by atoms with van der Waals surface area (Å²) in [5.41, 5.74) is 2.28. The first kappa shape index (κ1) is 25.7. The molecule has 0 radical (unpaired) electrons. The molecule has 0 atom stereocenters. The summed E-state index contributed by atoms with van der Waals surface area (Å²) in [7, 11) is 0. The number of thioether (sulfide) groups is 1. The van der Waals surface area contributed by atoms with Crippen LogP contribution in [0.4, 0.5) is 5.13 Å².